The van der Waals surface area contributed by atoms with Gasteiger partial charge in [-0.2, -0.15) is 0 Å². The third kappa shape index (κ3) is 4.61. The minimum absolute atomic E-state index is 0.178. The lowest BCUT2D eigenvalue weighted by atomic mass is 10.3. The van der Waals surface area contributed by atoms with Crippen LogP contribution in [0, 0.1) is 0 Å². The van der Waals surface area contributed by atoms with Crippen LogP contribution in [0.5, 0.6) is 5.75 Å². The van der Waals surface area contributed by atoms with Gasteiger partial charge in [0.15, 0.2) is 0 Å². The summed E-state index contributed by atoms with van der Waals surface area (Å²) in [4.78, 5) is 11.5. The third-order valence-corrected chi connectivity index (χ3v) is 2.62. The molecule has 5 nitrogen and oxygen atoms in total. The van der Waals surface area contributed by atoms with Gasteiger partial charge in [0.25, 0.3) is 0 Å². The summed E-state index contributed by atoms with van der Waals surface area (Å²) in [5.41, 5.74) is 0.329. The summed E-state index contributed by atoms with van der Waals surface area (Å²) in [5.74, 6) is -0.351. The molecular weight excluding hydrogens is 277 g/mol. The number of benzene rings is 1. The average molecular weight is 290 g/mol. The standard InChI is InChI=1S/C12H13F3N2O3/c13-12(14,15)20-9-3-1-8(2-4-9)17-11(18)19-10-5-6-16-7-10/h1-4,10,16H,5-7H2,(H,17,18). The minimum Gasteiger partial charge on any atom is -0.445 e. The number of halogens is 3. The quantitative estimate of drug-likeness (QED) is 0.898. The van der Waals surface area contributed by atoms with Crippen molar-refractivity contribution in [1.82, 2.24) is 5.32 Å². The van der Waals surface area contributed by atoms with Crippen LogP contribution >= 0.6 is 0 Å². The second kappa shape index (κ2) is 6.00. The molecule has 0 saturated carbocycles. The van der Waals surface area contributed by atoms with E-state index in [2.05, 4.69) is 15.4 Å². The first-order valence-corrected chi connectivity index (χ1v) is 5.96. The van der Waals surface area contributed by atoms with Gasteiger partial charge in [0.05, 0.1) is 0 Å². The first-order chi connectivity index (χ1) is 9.42. The molecule has 0 aliphatic carbocycles. The molecule has 0 radical (unpaired) electrons. The Kier molecular flexibility index (Phi) is 4.33. The summed E-state index contributed by atoms with van der Waals surface area (Å²) >= 11 is 0. The lowest BCUT2D eigenvalue weighted by molar-refractivity contribution is -0.274. The van der Waals surface area contributed by atoms with E-state index in [9.17, 15) is 18.0 Å². The molecule has 1 aliphatic rings. The van der Waals surface area contributed by atoms with Crippen LogP contribution in [-0.4, -0.2) is 31.6 Å². The van der Waals surface area contributed by atoms with Gasteiger partial charge in [-0.15, -0.1) is 13.2 Å². The molecule has 8 heteroatoms. The van der Waals surface area contributed by atoms with Crippen LogP contribution in [0.15, 0.2) is 24.3 Å². The van der Waals surface area contributed by atoms with Gasteiger partial charge in [0, 0.05) is 12.2 Å². The normalized spacial score (nSPS) is 18.6. The third-order valence-electron chi connectivity index (χ3n) is 2.62. The lowest BCUT2D eigenvalue weighted by Crippen LogP contribution is -2.24. The smallest absolute Gasteiger partial charge is 0.445 e. The Balaban J connectivity index is 1.85. The first kappa shape index (κ1) is 14.4. The van der Waals surface area contributed by atoms with Crippen LogP contribution in [0.4, 0.5) is 23.7 Å². The highest BCUT2D eigenvalue weighted by molar-refractivity contribution is 5.84. The Morgan fingerprint density at radius 1 is 1.30 bits per heavy atom. The summed E-state index contributed by atoms with van der Waals surface area (Å²) in [6.45, 7) is 1.40. The molecule has 0 spiro atoms. The van der Waals surface area contributed by atoms with E-state index in [1.165, 1.54) is 12.1 Å². The van der Waals surface area contributed by atoms with Gasteiger partial charge in [-0.05, 0) is 37.2 Å². The van der Waals surface area contributed by atoms with Crippen molar-refractivity contribution in [2.75, 3.05) is 18.4 Å². The molecule has 2 N–H and O–H groups in total. The number of nitrogens with one attached hydrogen (secondary N) is 2. The molecule has 1 aromatic carbocycles. The van der Waals surface area contributed by atoms with Crippen molar-refractivity contribution < 1.29 is 27.4 Å². The summed E-state index contributed by atoms with van der Waals surface area (Å²) in [5, 5.41) is 5.48. The number of hydrogen-bond donors (Lipinski definition) is 2. The molecule has 2 rings (SSSR count). The molecule has 1 fully saturated rings. The summed E-state index contributed by atoms with van der Waals surface area (Å²) in [6.07, 6.45) is -4.80. The van der Waals surface area contributed by atoms with Gasteiger partial charge in [0.1, 0.15) is 11.9 Å². The SMILES string of the molecule is O=C(Nc1ccc(OC(F)(F)F)cc1)OC1CCNC1. The number of alkyl halides is 3. The molecule has 1 heterocycles. The van der Waals surface area contributed by atoms with Crippen molar-refractivity contribution in [3.8, 4) is 5.75 Å². The van der Waals surface area contributed by atoms with Crippen molar-refractivity contribution in [1.29, 1.82) is 0 Å². The van der Waals surface area contributed by atoms with Crippen LogP contribution in [0.3, 0.4) is 0 Å². The van der Waals surface area contributed by atoms with Gasteiger partial charge in [-0.3, -0.25) is 5.32 Å². The highest BCUT2D eigenvalue weighted by atomic mass is 19.4. The van der Waals surface area contributed by atoms with Crippen molar-refractivity contribution in [3.63, 3.8) is 0 Å². The zero-order chi connectivity index (χ0) is 14.6. The maximum absolute atomic E-state index is 12.0. The topological polar surface area (TPSA) is 59.6 Å². The van der Waals surface area contributed by atoms with Crippen molar-refractivity contribution in [2.45, 2.75) is 18.9 Å². The molecule has 20 heavy (non-hydrogen) atoms. The van der Waals surface area contributed by atoms with E-state index < -0.39 is 12.5 Å². The Labute approximate surface area is 113 Å². The predicted molar refractivity (Wildman–Crippen MR) is 64.5 cm³/mol. The molecule has 1 amide bonds. The van der Waals surface area contributed by atoms with Crippen LogP contribution < -0.4 is 15.4 Å². The van der Waals surface area contributed by atoms with Crippen molar-refractivity contribution in [3.05, 3.63) is 24.3 Å². The molecule has 1 aromatic rings. The minimum atomic E-state index is -4.73. The van der Waals surface area contributed by atoms with E-state index in [0.717, 1.165) is 25.1 Å². The highest BCUT2D eigenvalue weighted by Crippen LogP contribution is 2.24. The summed E-state index contributed by atoms with van der Waals surface area (Å²) in [7, 11) is 0. The Bertz CT molecular complexity index is 456. The Morgan fingerprint density at radius 2 is 2.00 bits per heavy atom. The van der Waals surface area contributed by atoms with Gasteiger partial charge in [0.2, 0.25) is 0 Å². The number of anilines is 1. The first-order valence-electron chi connectivity index (χ1n) is 5.96. The molecule has 1 aliphatic heterocycles. The Hall–Kier alpha value is -1.96. The molecule has 1 atom stereocenters. The summed E-state index contributed by atoms with van der Waals surface area (Å²) in [6, 6.07) is 4.82. The second-order valence-corrected chi connectivity index (χ2v) is 4.22. The number of carbonyl (C=O) groups is 1. The molecule has 1 unspecified atom stereocenters. The van der Waals surface area contributed by atoms with E-state index in [1.807, 2.05) is 0 Å². The van der Waals surface area contributed by atoms with E-state index in [1.54, 1.807) is 0 Å². The van der Waals surface area contributed by atoms with Gasteiger partial charge in [-0.25, -0.2) is 4.79 Å². The maximum atomic E-state index is 12.0. The average Bonchev–Trinajstić information content (AvgIpc) is 2.82. The molecule has 110 valence electrons. The maximum Gasteiger partial charge on any atom is 0.573 e. The number of amides is 1. The van der Waals surface area contributed by atoms with Gasteiger partial charge in [-0.1, -0.05) is 0 Å². The zero-order valence-electron chi connectivity index (χ0n) is 10.4. The van der Waals surface area contributed by atoms with Gasteiger partial charge >= 0.3 is 12.5 Å². The van der Waals surface area contributed by atoms with Crippen molar-refractivity contribution in [2.24, 2.45) is 0 Å². The monoisotopic (exact) mass is 290 g/mol. The number of ether oxygens (including phenoxy) is 2. The second-order valence-electron chi connectivity index (χ2n) is 4.22. The predicted octanol–water partition coefficient (Wildman–Crippen LogP) is 2.50. The fraction of sp³-hybridized carbons (Fsp3) is 0.417. The van der Waals surface area contributed by atoms with E-state index in [4.69, 9.17) is 4.74 Å². The molecular formula is C12H13F3N2O3. The fourth-order valence-electron chi connectivity index (χ4n) is 1.77. The fourth-order valence-corrected chi connectivity index (χ4v) is 1.77. The number of carbonyl (C=O) groups excluding carboxylic acids is 1. The van der Waals surface area contributed by atoms with Gasteiger partial charge < -0.3 is 14.8 Å². The van der Waals surface area contributed by atoms with E-state index in [-0.39, 0.29) is 11.9 Å². The summed E-state index contributed by atoms with van der Waals surface area (Å²) < 4.78 is 44.7. The lowest BCUT2D eigenvalue weighted by Gasteiger charge is -2.12. The largest absolute Gasteiger partial charge is 0.573 e. The number of hydrogen-bond acceptors (Lipinski definition) is 4. The van der Waals surface area contributed by atoms with E-state index in [0.29, 0.717) is 12.2 Å². The molecule has 0 bridgehead atoms. The zero-order valence-corrected chi connectivity index (χ0v) is 10.4. The van der Waals surface area contributed by atoms with Crippen LogP contribution in [0.25, 0.3) is 0 Å². The van der Waals surface area contributed by atoms with Crippen LogP contribution in [0.2, 0.25) is 0 Å². The van der Waals surface area contributed by atoms with Crippen LogP contribution in [-0.2, 0) is 4.74 Å². The molecule has 1 saturated heterocycles. The molecule has 0 aromatic heterocycles. The Morgan fingerprint density at radius 3 is 2.55 bits per heavy atom. The van der Waals surface area contributed by atoms with E-state index >= 15 is 0 Å². The number of rotatable bonds is 3. The van der Waals surface area contributed by atoms with Crippen LogP contribution in [0.1, 0.15) is 6.42 Å². The van der Waals surface area contributed by atoms with Crippen molar-refractivity contribution >= 4 is 11.8 Å². The highest BCUT2D eigenvalue weighted by Gasteiger charge is 2.31.